The lowest BCUT2D eigenvalue weighted by molar-refractivity contribution is 0.414. The summed E-state index contributed by atoms with van der Waals surface area (Å²) >= 11 is 0. The Kier molecular flexibility index (Phi) is 7.12. The Morgan fingerprint density at radius 1 is 1.45 bits per heavy atom. The third kappa shape index (κ3) is 5.19. The SMILES string of the molecule is CN=C(NCCc1cccc(OC)c1)NC1CC1C.I. The van der Waals surface area contributed by atoms with Crippen molar-refractivity contribution in [2.24, 2.45) is 10.9 Å². The van der Waals surface area contributed by atoms with E-state index in [-0.39, 0.29) is 24.0 Å². The Morgan fingerprint density at radius 2 is 2.20 bits per heavy atom. The number of methoxy groups -OCH3 is 1. The van der Waals surface area contributed by atoms with Crippen LogP contribution in [0.2, 0.25) is 0 Å². The highest BCUT2D eigenvalue weighted by Gasteiger charge is 2.33. The summed E-state index contributed by atoms with van der Waals surface area (Å²) in [5.74, 6) is 2.58. The summed E-state index contributed by atoms with van der Waals surface area (Å²) in [5.41, 5.74) is 1.27. The second kappa shape index (κ2) is 8.34. The number of hydrogen-bond donors (Lipinski definition) is 2. The molecule has 0 spiro atoms. The monoisotopic (exact) mass is 389 g/mol. The number of guanidine groups is 1. The van der Waals surface area contributed by atoms with E-state index in [0.717, 1.165) is 30.6 Å². The molecule has 0 radical (unpaired) electrons. The van der Waals surface area contributed by atoms with E-state index < -0.39 is 0 Å². The minimum Gasteiger partial charge on any atom is -0.497 e. The van der Waals surface area contributed by atoms with Gasteiger partial charge >= 0.3 is 0 Å². The number of nitrogens with one attached hydrogen (secondary N) is 2. The van der Waals surface area contributed by atoms with Crippen LogP contribution in [-0.4, -0.2) is 32.7 Å². The molecule has 0 bridgehead atoms. The van der Waals surface area contributed by atoms with Crippen LogP contribution in [0.5, 0.6) is 5.75 Å². The maximum atomic E-state index is 5.22. The van der Waals surface area contributed by atoms with Crippen molar-refractivity contribution < 1.29 is 4.74 Å². The van der Waals surface area contributed by atoms with Crippen LogP contribution >= 0.6 is 24.0 Å². The number of nitrogens with zero attached hydrogens (tertiary/aromatic N) is 1. The molecule has 1 aromatic carbocycles. The number of aliphatic imine (C=N–C) groups is 1. The van der Waals surface area contributed by atoms with Gasteiger partial charge in [0.25, 0.3) is 0 Å². The zero-order valence-electron chi connectivity index (χ0n) is 12.3. The molecule has 1 fully saturated rings. The minimum absolute atomic E-state index is 0. The van der Waals surface area contributed by atoms with E-state index in [1.54, 1.807) is 7.11 Å². The largest absolute Gasteiger partial charge is 0.497 e. The first-order valence-electron chi connectivity index (χ1n) is 6.83. The van der Waals surface area contributed by atoms with Crippen molar-refractivity contribution in [1.82, 2.24) is 10.6 Å². The van der Waals surface area contributed by atoms with Gasteiger partial charge in [0.15, 0.2) is 5.96 Å². The first-order valence-corrected chi connectivity index (χ1v) is 6.83. The zero-order valence-corrected chi connectivity index (χ0v) is 14.7. The van der Waals surface area contributed by atoms with Crippen LogP contribution in [0.4, 0.5) is 0 Å². The third-order valence-corrected chi connectivity index (χ3v) is 3.50. The highest BCUT2D eigenvalue weighted by atomic mass is 127. The van der Waals surface area contributed by atoms with Crippen molar-refractivity contribution in [1.29, 1.82) is 0 Å². The fraction of sp³-hybridized carbons (Fsp3) is 0.533. The first kappa shape index (κ1) is 17.1. The molecule has 112 valence electrons. The van der Waals surface area contributed by atoms with Gasteiger partial charge in [0.05, 0.1) is 7.11 Å². The number of halogens is 1. The highest BCUT2D eigenvalue weighted by Crippen LogP contribution is 2.28. The van der Waals surface area contributed by atoms with E-state index in [2.05, 4.69) is 34.7 Å². The summed E-state index contributed by atoms with van der Waals surface area (Å²) in [6.45, 7) is 3.12. The average molecular weight is 389 g/mol. The van der Waals surface area contributed by atoms with Crippen LogP contribution in [0.15, 0.2) is 29.3 Å². The van der Waals surface area contributed by atoms with Crippen LogP contribution in [0.25, 0.3) is 0 Å². The maximum Gasteiger partial charge on any atom is 0.191 e. The van der Waals surface area contributed by atoms with E-state index >= 15 is 0 Å². The van der Waals surface area contributed by atoms with Crippen molar-refractivity contribution in [2.45, 2.75) is 25.8 Å². The molecule has 2 rings (SSSR count). The van der Waals surface area contributed by atoms with E-state index in [9.17, 15) is 0 Å². The molecule has 0 saturated heterocycles. The molecule has 2 unspecified atom stereocenters. The van der Waals surface area contributed by atoms with Crippen LogP contribution in [-0.2, 0) is 6.42 Å². The van der Waals surface area contributed by atoms with Gasteiger partial charge in [0.1, 0.15) is 5.75 Å². The molecule has 2 N–H and O–H groups in total. The van der Waals surface area contributed by atoms with Crippen molar-refractivity contribution in [3.63, 3.8) is 0 Å². The van der Waals surface area contributed by atoms with E-state index in [1.807, 2.05) is 19.2 Å². The Balaban J connectivity index is 0.00000200. The fourth-order valence-corrected chi connectivity index (χ4v) is 2.05. The molecule has 0 aliphatic heterocycles. The van der Waals surface area contributed by atoms with Gasteiger partial charge in [-0.25, -0.2) is 0 Å². The predicted octanol–water partition coefficient (Wildman–Crippen LogP) is 2.43. The number of benzene rings is 1. The van der Waals surface area contributed by atoms with Gasteiger partial charge in [-0.15, -0.1) is 24.0 Å². The summed E-state index contributed by atoms with van der Waals surface area (Å²) in [7, 11) is 3.51. The number of ether oxygens (including phenoxy) is 1. The molecule has 1 aliphatic rings. The van der Waals surface area contributed by atoms with Crippen molar-refractivity contribution in [3.05, 3.63) is 29.8 Å². The smallest absolute Gasteiger partial charge is 0.191 e. The Bertz CT molecular complexity index is 450. The lowest BCUT2D eigenvalue weighted by Gasteiger charge is -2.11. The van der Waals surface area contributed by atoms with Gasteiger partial charge in [-0.2, -0.15) is 0 Å². The molecule has 5 heteroatoms. The first-order chi connectivity index (χ1) is 9.22. The van der Waals surface area contributed by atoms with Gasteiger partial charge in [-0.1, -0.05) is 19.1 Å². The van der Waals surface area contributed by atoms with Crippen LogP contribution in [0.1, 0.15) is 18.9 Å². The quantitative estimate of drug-likeness (QED) is 0.462. The molecule has 1 aromatic rings. The molecule has 1 aliphatic carbocycles. The standard InChI is InChI=1S/C15H23N3O.HI/c1-11-9-14(11)18-15(16-2)17-8-7-12-5-4-6-13(10-12)19-3;/h4-6,10-11,14H,7-9H2,1-3H3,(H2,16,17,18);1H. The molecule has 1 saturated carbocycles. The molecule has 20 heavy (non-hydrogen) atoms. The molecule has 0 heterocycles. The number of hydrogen-bond acceptors (Lipinski definition) is 2. The van der Waals surface area contributed by atoms with Gasteiger partial charge in [0.2, 0.25) is 0 Å². The van der Waals surface area contributed by atoms with Crippen molar-refractivity contribution >= 4 is 29.9 Å². The van der Waals surface area contributed by atoms with Crippen molar-refractivity contribution in [3.8, 4) is 5.75 Å². The van der Waals surface area contributed by atoms with E-state index in [0.29, 0.717) is 6.04 Å². The molecular formula is C15H24IN3O. The van der Waals surface area contributed by atoms with Crippen LogP contribution < -0.4 is 15.4 Å². The molecular weight excluding hydrogens is 365 g/mol. The predicted molar refractivity (Wildman–Crippen MR) is 94.2 cm³/mol. The second-order valence-corrected chi connectivity index (χ2v) is 5.06. The Labute approximate surface area is 138 Å². The molecule has 0 aromatic heterocycles. The van der Waals surface area contributed by atoms with Gasteiger partial charge < -0.3 is 15.4 Å². The lowest BCUT2D eigenvalue weighted by Crippen LogP contribution is -2.39. The fourth-order valence-electron chi connectivity index (χ4n) is 2.05. The van der Waals surface area contributed by atoms with E-state index in [4.69, 9.17) is 4.74 Å². The topological polar surface area (TPSA) is 45.7 Å². The second-order valence-electron chi connectivity index (χ2n) is 5.06. The van der Waals surface area contributed by atoms with Crippen LogP contribution in [0, 0.1) is 5.92 Å². The zero-order chi connectivity index (χ0) is 13.7. The molecule has 0 amide bonds. The Morgan fingerprint density at radius 3 is 2.80 bits per heavy atom. The normalized spacial score (nSPS) is 20.9. The molecule has 4 nitrogen and oxygen atoms in total. The molecule has 2 atom stereocenters. The average Bonchev–Trinajstić information content (AvgIpc) is 3.13. The van der Waals surface area contributed by atoms with Crippen LogP contribution in [0.3, 0.4) is 0 Å². The summed E-state index contributed by atoms with van der Waals surface area (Å²) in [6.07, 6.45) is 2.20. The van der Waals surface area contributed by atoms with E-state index in [1.165, 1.54) is 12.0 Å². The van der Waals surface area contributed by atoms with Gasteiger partial charge in [-0.3, -0.25) is 4.99 Å². The van der Waals surface area contributed by atoms with Crippen molar-refractivity contribution in [2.75, 3.05) is 20.7 Å². The van der Waals surface area contributed by atoms with Gasteiger partial charge in [-0.05, 0) is 36.5 Å². The summed E-state index contributed by atoms with van der Waals surface area (Å²) < 4.78 is 5.22. The minimum atomic E-state index is 0. The highest BCUT2D eigenvalue weighted by molar-refractivity contribution is 14.0. The maximum absolute atomic E-state index is 5.22. The Hall–Kier alpha value is -0.980. The third-order valence-electron chi connectivity index (χ3n) is 3.50. The van der Waals surface area contributed by atoms with Gasteiger partial charge in [0, 0.05) is 19.6 Å². The number of rotatable bonds is 5. The summed E-state index contributed by atoms with van der Waals surface area (Å²) in [5, 5.41) is 6.76. The lowest BCUT2D eigenvalue weighted by atomic mass is 10.1. The summed E-state index contributed by atoms with van der Waals surface area (Å²) in [6, 6.07) is 8.77. The summed E-state index contributed by atoms with van der Waals surface area (Å²) in [4.78, 5) is 4.24.